The molecule has 0 bridgehead atoms. The lowest BCUT2D eigenvalue weighted by Crippen LogP contribution is -1.96. The Kier molecular flexibility index (Phi) is 4.40. The molecule has 3 aromatic rings. The maximum absolute atomic E-state index is 12.9. The third kappa shape index (κ3) is 3.45. The zero-order valence-corrected chi connectivity index (χ0v) is 13.4. The third-order valence-corrected chi connectivity index (χ3v) is 3.67. The van der Waals surface area contributed by atoms with Crippen LogP contribution in [0.4, 0.5) is 4.39 Å². The summed E-state index contributed by atoms with van der Waals surface area (Å²) in [6, 6.07) is 11.0. The Balaban J connectivity index is 1.70. The Morgan fingerprint density at radius 1 is 1.18 bits per heavy atom. The SMILES string of the molecule is Fc1ccc(-c2noc(COc3ccc(Cl)cc3Br)n2)cc1. The standard InChI is InChI=1S/C15H9BrClFN2O2/c16-12-7-10(17)3-6-13(12)21-8-14-19-15(20-22-14)9-1-4-11(18)5-2-9/h1-7H,8H2. The molecule has 0 N–H and O–H groups in total. The number of benzene rings is 2. The van der Waals surface area contributed by atoms with E-state index >= 15 is 0 Å². The van der Waals surface area contributed by atoms with E-state index in [-0.39, 0.29) is 12.4 Å². The van der Waals surface area contributed by atoms with Crippen LogP contribution in [0.5, 0.6) is 5.75 Å². The van der Waals surface area contributed by atoms with Crippen molar-refractivity contribution in [2.45, 2.75) is 6.61 Å². The van der Waals surface area contributed by atoms with Crippen LogP contribution in [0.1, 0.15) is 5.89 Å². The van der Waals surface area contributed by atoms with Gasteiger partial charge in [-0.15, -0.1) is 0 Å². The van der Waals surface area contributed by atoms with Gasteiger partial charge in [0.2, 0.25) is 5.82 Å². The fourth-order valence-electron chi connectivity index (χ4n) is 1.76. The van der Waals surface area contributed by atoms with Gasteiger partial charge in [-0.1, -0.05) is 16.8 Å². The predicted molar refractivity (Wildman–Crippen MR) is 83.2 cm³/mol. The molecule has 0 amide bonds. The second-order valence-electron chi connectivity index (χ2n) is 4.38. The second kappa shape index (κ2) is 6.46. The Morgan fingerprint density at radius 3 is 2.68 bits per heavy atom. The minimum absolute atomic E-state index is 0.119. The Morgan fingerprint density at radius 2 is 1.95 bits per heavy atom. The van der Waals surface area contributed by atoms with E-state index < -0.39 is 0 Å². The van der Waals surface area contributed by atoms with Gasteiger partial charge >= 0.3 is 0 Å². The average Bonchev–Trinajstić information content (AvgIpc) is 2.96. The van der Waals surface area contributed by atoms with Crippen molar-refractivity contribution in [1.82, 2.24) is 10.1 Å². The summed E-state index contributed by atoms with van der Waals surface area (Å²) in [7, 11) is 0. The van der Waals surface area contributed by atoms with Crippen LogP contribution in [-0.2, 0) is 6.61 Å². The van der Waals surface area contributed by atoms with E-state index in [4.69, 9.17) is 20.9 Å². The normalized spacial score (nSPS) is 10.7. The largest absolute Gasteiger partial charge is 0.483 e. The molecule has 3 rings (SSSR count). The zero-order valence-electron chi connectivity index (χ0n) is 11.1. The van der Waals surface area contributed by atoms with E-state index in [1.165, 1.54) is 12.1 Å². The monoisotopic (exact) mass is 382 g/mol. The first-order valence-corrected chi connectivity index (χ1v) is 7.45. The minimum Gasteiger partial charge on any atom is -0.483 e. The van der Waals surface area contributed by atoms with Crippen molar-refractivity contribution in [3.05, 3.63) is 63.7 Å². The van der Waals surface area contributed by atoms with E-state index in [2.05, 4.69) is 26.1 Å². The van der Waals surface area contributed by atoms with Crippen molar-refractivity contribution in [2.24, 2.45) is 0 Å². The molecule has 0 spiro atoms. The van der Waals surface area contributed by atoms with Crippen LogP contribution in [0.2, 0.25) is 5.02 Å². The van der Waals surface area contributed by atoms with E-state index in [1.54, 1.807) is 30.3 Å². The predicted octanol–water partition coefficient (Wildman–Crippen LogP) is 4.87. The lowest BCUT2D eigenvalue weighted by molar-refractivity contribution is 0.242. The molecule has 4 nitrogen and oxygen atoms in total. The van der Waals surface area contributed by atoms with Gasteiger partial charge in [-0.3, -0.25) is 0 Å². The van der Waals surface area contributed by atoms with Crippen molar-refractivity contribution in [2.75, 3.05) is 0 Å². The van der Waals surface area contributed by atoms with E-state index in [0.717, 1.165) is 4.47 Å². The molecule has 0 saturated heterocycles. The van der Waals surface area contributed by atoms with Crippen LogP contribution >= 0.6 is 27.5 Å². The van der Waals surface area contributed by atoms with Crippen LogP contribution in [-0.4, -0.2) is 10.1 Å². The number of hydrogen-bond acceptors (Lipinski definition) is 4. The van der Waals surface area contributed by atoms with Gasteiger partial charge in [0.05, 0.1) is 4.47 Å². The molecule has 0 aliphatic rings. The first-order valence-electron chi connectivity index (χ1n) is 6.28. The summed E-state index contributed by atoms with van der Waals surface area (Å²) < 4.78 is 24.3. The fraction of sp³-hybridized carbons (Fsp3) is 0.0667. The summed E-state index contributed by atoms with van der Waals surface area (Å²) in [6.07, 6.45) is 0. The number of aromatic nitrogens is 2. The van der Waals surface area contributed by atoms with Crippen LogP contribution < -0.4 is 4.74 Å². The van der Waals surface area contributed by atoms with E-state index in [1.807, 2.05) is 0 Å². The third-order valence-electron chi connectivity index (χ3n) is 2.82. The highest BCUT2D eigenvalue weighted by atomic mass is 79.9. The summed E-state index contributed by atoms with van der Waals surface area (Å²) in [4.78, 5) is 4.21. The lowest BCUT2D eigenvalue weighted by atomic mass is 10.2. The topological polar surface area (TPSA) is 48.2 Å². The molecule has 2 aromatic carbocycles. The summed E-state index contributed by atoms with van der Waals surface area (Å²) in [6.45, 7) is 0.119. The zero-order chi connectivity index (χ0) is 15.5. The summed E-state index contributed by atoms with van der Waals surface area (Å²) in [5.74, 6) is 1.00. The van der Waals surface area contributed by atoms with Gasteiger partial charge in [0, 0.05) is 10.6 Å². The average molecular weight is 384 g/mol. The van der Waals surface area contributed by atoms with Crippen molar-refractivity contribution < 1.29 is 13.7 Å². The summed E-state index contributed by atoms with van der Waals surface area (Å²) >= 11 is 9.22. The molecule has 7 heteroatoms. The molecule has 0 aliphatic heterocycles. The molecule has 0 fully saturated rings. The van der Waals surface area contributed by atoms with Gasteiger partial charge in [0.25, 0.3) is 5.89 Å². The molecule has 0 radical (unpaired) electrons. The first kappa shape index (κ1) is 15.0. The second-order valence-corrected chi connectivity index (χ2v) is 5.67. The summed E-state index contributed by atoms with van der Waals surface area (Å²) in [5.41, 5.74) is 0.670. The molecular formula is C15H9BrClFN2O2. The molecule has 0 unspecified atom stereocenters. The smallest absolute Gasteiger partial charge is 0.264 e. The molecule has 112 valence electrons. The van der Waals surface area contributed by atoms with Crippen LogP contribution in [0.15, 0.2) is 51.5 Å². The highest BCUT2D eigenvalue weighted by Crippen LogP contribution is 2.28. The first-order chi connectivity index (χ1) is 10.6. The maximum atomic E-state index is 12.9. The molecular weight excluding hydrogens is 375 g/mol. The Labute approximate surface area is 139 Å². The minimum atomic E-state index is -0.316. The fourth-order valence-corrected chi connectivity index (χ4v) is 2.56. The number of halogens is 3. The molecule has 22 heavy (non-hydrogen) atoms. The highest BCUT2D eigenvalue weighted by Gasteiger charge is 2.10. The quantitative estimate of drug-likeness (QED) is 0.645. The highest BCUT2D eigenvalue weighted by molar-refractivity contribution is 9.10. The number of ether oxygens (including phenoxy) is 1. The van der Waals surface area contributed by atoms with Gasteiger partial charge in [0.15, 0.2) is 6.61 Å². The lowest BCUT2D eigenvalue weighted by Gasteiger charge is -2.05. The maximum Gasteiger partial charge on any atom is 0.264 e. The van der Waals surface area contributed by atoms with Crippen LogP contribution in [0.3, 0.4) is 0 Å². The molecule has 1 aromatic heterocycles. The molecule has 0 atom stereocenters. The summed E-state index contributed by atoms with van der Waals surface area (Å²) in [5, 5.41) is 4.45. The molecule has 1 heterocycles. The molecule has 0 aliphatic carbocycles. The van der Waals surface area contributed by atoms with E-state index in [0.29, 0.717) is 28.1 Å². The Hall–Kier alpha value is -1.92. The van der Waals surface area contributed by atoms with Gasteiger partial charge in [-0.05, 0) is 58.4 Å². The van der Waals surface area contributed by atoms with Crippen molar-refractivity contribution >= 4 is 27.5 Å². The van der Waals surface area contributed by atoms with Crippen molar-refractivity contribution in [3.8, 4) is 17.1 Å². The van der Waals surface area contributed by atoms with Crippen molar-refractivity contribution in [3.63, 3.8) is 0 Å². The van der Waals surface area contributed by atoms with Gasteiger partial charge < -0.3 is 9.26 Å². The van der Waals surface area contributed by atoms with Gasteiger partial charge in [-0.2, -0.15) is 4.98 Å². The molecule has 0 saturated carbocycles. The van der Waals surface area contributed by atoms with Crippen LogP contribution in [0, 0.1) is 5.82 Å². The Bertz CT molecular complexity index is 792. The van der Waals surface area contributed by atoms with E-state index in [9.17, 15) is 4.39 Å². The number of rotatable bonds is 4. The van der Waals surface area contributed by atoms with Crippen LogP contribution in [0.25, 0.3) is 11.4 Å². The number of hydrogen-bond donors (Lipinski definition) is 0. The number of nitrogens with zero attached hydrogens (tertiary/aromatic N) is 2. The van der Waals surface area contributed by atoms with Gasteiger partial charge in [-0.25, -0.2) is 4.39 Å². The van der Waals surface area contributed by atoms with Gasteiger partial charge in [0.1, 0.15) is 11.6 Å². The van der Waals surface area contributed by atoms with Crippen molar-refractivity contribution in [1.29, 1.82) is 0 Å².